The fourth-order valence-electron chi connectivity index (χ4n) is 3.09. The van der Waals surface area contributed by atoms with E-state index in [1.807, 2.05) is 0 Å². The summed E-state index contributed by atoms with van der Waals surface area (Å²) in [5.41, 5.74) is 5.94. The van der Waals surface area contributed by atoms with Gasteiger partial charge in [0.1, 0.15) is 0 Å². The number of nitrogens with zero attached hydrogens (tertiary/aromatic N) is 2. The summed E-state index contributed by atoms with van der Waals surface area (Å²) < 4.78 is 27.5. The number of aryl methyl sites for hydroxylation is 1. The Hall–Kier alpha value is -2.04. The molecule has 1 saturated heterocycles. The van der Waals surface area contributed by atoms with Crippen molar-refractivity contribution in [3.8, 4) is 0 Å². The number of benzene rings is 1. The van der Waals surface area contributed by atoms with E-state index >= 15 is 0 Å². The number of carbonyl (C=O) groups is 1. The molecule has 26 heavy (non-hydrogen) atoms. The molecule has 2 rings (SSSR count). The van der Waals surface area contributed by atoms with Crippen molar-refractivity contribution in [3.63, 3.8) is 0 Å². The van der Waals surface area contributed by atoms with Crippen LogP contribution in [0.5, 0.6) is 0 Å². The minimum Gasteiger partial charge on any atom is -0.355 e. The highest BCUT2D eigenvalue weighted by Gasteiger charge is 2.38. The predicted octanol–water partition coefficient (Wildman–Crippen LogP) is 0.687. The number of hydrogen-bond acceptors (Lipinski definition) is 6. The van der Waals surface area contributed by atoms with E-state index in [0.717, 1.165) is 0 Å². The summed E-state index contributed by atoms with van der Waals surface area (Å²) in [7, 11) is -4.09. The molecule has 3 N–H and O–H groups in total. The first-order valence-corrected chi connectivity index (χ1v) is 9.86. The molecule has 0 spiro atoms. The number of rotatable bonds is 6. The second-order valence-corrected chi connectivity index (χ2v) is 8.27. The largest absolute Gasteiger partial charge is 0.355 e. The molecule has 0 bridgehead atoms. The second-order valence-electron chi connectivity index (χ2n) is 6.39. The van der Waals surface area contributed by atoms with Crippen LogP contribution in [0.1, 0.15) is 24.0 Å². The monoisotopic (exact) mass is 384 g/mol. The molecule has 1 atom stereocenters. The van der Waals surface area contributed by atoms with Crippen LogP contribution in [0.15, 0.2) is 17.0 Å². The van der Waals surface area contributed by atoms with Gasteiger partial charge in [0.25, 0.3) is 5.69 Å². The summed E-state index contributed by atoms with van der Waals surface area (Å²) >= 11 is 0. The molecule has 1 unspecified atom stereocenters. The Morgan fingerprint density at radius 3 is 2.73 bits per heavy atom. The van der Waals surface area contributed by atoms with E-state index in [9.17, 15) is 23.3 Å². The van der Waals surface area contributed by atoms with Gasteiger partial charge in [0.2, 0.25) is 15.9 Å². The lowest BCUT2D eigenvalue weighted by Crippen LogP contribution is -2.46. The maximum Gasteiger partial charge on any atom is 0.289 e. The number of nitrogens with two attached hydrogens (primary N) is 1. The average Bonchev–Trinajstić information content (AvgIpc) is 2.61. The third-order valence-electron chi connectivity index (χ3n) is 4.65. The summed E-state index contributed by atoms with van der Waals surface area (Å²) in [6.45, 7) is 4.12. The van der Waals surface area contributed by atoms with E-state index in [1.165, 1.54) is 16.4 Å². The van der Waals surface area contributed by atoms with Gasteiger partial charge in [-0.25, -0.2) is 8.42 Å². The Balaban J connectivity index is 2.37. The van der Waals surface area contributed by atoms with E-state index in [1.54, 1.807) is 13.8 Å². The van der Waals surface area contributed by atoms with Crippen LogP contribution >= 0.6 is 0 Å². The van der Waals surface area contributed by atoms with Crippen LogP contribution in [0, 0.1) is 29.9 Å². The molecule has 1 fully saturated rings. The van der Waals surface area contributed by atoms with Gasteiger partial charge in [-0.2, -0.15) is 4.31 Å². The molecule has 1 aliphatic heterocycles. The fourth-order valence-corrected chi connectivity index (χ4v) is 5.05. The van der Waals surface area contributed by atoms with Gasteiger partial charge in [-0.1, -0.05) is 6.07 Å². The third kappa shape index (κ3) is 4.02. The lowest BCUT2D eigenvalue weighted by atomic mass is 9.99. The van der Waals surface area contributed by atoms with E-state index in [2.05, 4.69) is 5.32 Å². The fraction of sp³-hybridized carbons (Fsp3) is 0.562. The van der Waals surface area contributed by atoms with Gasteiger partial charge in [-0.05, 0) is 37.8 Å². The molecule has 1 amide bonds. The van der Waals surface area contributed by atoms with Gasteiger partial charge in [0.15, 0.2) is 4.90 Å². The lowest BCUT2D eigenvalue weighted by molar-refractivity contribution is -0.388. The molecule has 10 heteroatoms. The van der Waals surface area contributed by atoms with Crippen molar-refractivity contribution in [1.29, 1.82) is 0 Å². The molecule has 0 aromatic heterocycles. The van der Waals surface area contributed by atoms with Gasteiger partial charge in [0.05, 0.1) is 10.8 Å². The van der Waals surface area contributed by atoms with Crippen molar-refractivity contribution in [2.24, 2.45) is 11.7 Å². The van der Waals surface area contributed by atoms with Gasteiger partial charge in [-0.3, -0.25) is 14.9 Å². The zero-order valence-corrected chi connectivity index (χ0v) is 15.7. The number of nitrogens with one attached hydrogen (secondary N) is 1. The predicted molar refractivity (Wildman–Crippen MR) is 96.1 cm³/mol. The molecular weight excluding hydrogens is 360 g/mol. The van der Waals surface area contributed by atoms with Crippen LogP contribution < -0.4 is 11.1 Å². The molecule has 0 aliphatic carbocycles. The highest BCUT2D eigenvalue weighted by Crippen LogP contribution is 2.33. The van der Waals surface area contributed by atoms with Gasteiger partial charge < -0.3 is 11.1 Å². The first-order valence-electron chi connectivity index (χ1n) is 8.42. The first-order chi connectivity index (χ1) is 12.2. The number of nitro benzene ring substituents is 1. The van der Waals surface area contributed by atoms with Crippen LogP contribution in [0.4, 0.5) is 5.69 Å². The minimum absolute atomic E-state index is 0.00325. The number of hydrogen-bond donors (Lipinski definition) is 2. The Morgan fingerprint density at radius 2 is 2.12 bits per heavy atom. The molecule has 0 saturated carbocycles. The first kappa shape index (κ1) is 20.3. The smallest absolute Gasteiger partial charge is 0.289 e. The number of amides is 1. The maximum absolute atomic E-state index is 13.1. The summed E-state index contributed by atoms with van der Waals surface area (Å²) in [5, 5.41) is 14.0. The van der Waals surface area contributed by atoms with E-state index < -0.39 is 26.6 Å². The number of carbonyl (C=O) groups excluding carboxylic acids is 1. The average molecular weight is 384 g/mol. The molecule has 9 nitrogen and oxygen atoms in total. The van der Waals surface area contributed by atoms with E-state index in [-0.39, 0.29) is 23.9 Å². The van der Waals surface area contributed by atoms with Crippen LogP contribution in [0.2, 0.25) is 0 Å². The summed E-state index contributed by atoms with van der Waals surface area (Å²) in [4.78, 5) is 22.5. The van der Waals surface area contributed by atoms with E-state index in [4.69, 9.17) is 5.73 Å². The van der Waals surface area contributed by atoms with Crippen molar-refractivity contribution in [3.05, 3.63) is 33.4 Å². The molecule has 144 valence electrons. The quantitative estimate of drug-likeness (QED) is 0.547. The summed E-state index contributed by atoms with van der Waals surface area (Å²) in [6.07, 6.45) is 1.08. The topological polar surface area (TPSA) is 136 Å². The van der Waals surface area contributed by atoms with E-state index in [0.29, 0.717) is 37.1 Å². The molecule has 1 aromatic rings. The molecule has 1 heterocycles. The van der Waals surface area contributed by atoms with Crippen LogP contribution in [0.3, 0.4) is 0 Å². The standard InChI is InChI=1S/C16H24N4O5S/c1-11-5-6-14(20(22)23)15(12(11)2)26(24,25)19-9-3-4-13(10-19)16(21)18-8-7-17/h5-6,13H,3-4,7-10,17H2,1-2H3,(H,18,21). The van der Waals surface area contributed by atoms with Crippen molar-refractivity contribution < 1.29 is 18.1 Å². The van der Waals surface area contributed by atoms with Crippen molar-refractivity contribution >= 4 is 21.6 Å². The number of sulfonamides is 1. The highest BCUT2D eigenvalue weighted by atomic mass is 32.2. The van der Waals surface area contributed by atoms with Crippen LogP contribution in [-0.4, -0.2) is 49.7 Å². The highest BCUT2D eigenvalue weighted by molar-refractivity contribution is 7.89. The Morgan fingerprint density at radius 1 is 1.42 bits per heavy atom. The Kier molecular flexibility index (Phi) is 6.32. The van der Waals surface area contributed by atoms with Gasteiger partial charge in [0, 0.05) is 32.2 Å². The number of piperidine rings is 1. The lowest BCUT2D eigenvalue weighted by Gasteiger charge is -2.31. The molecule has 0 radical (unpaired) electrons. The molecule has 1 aromatic carbocycles. The SMILES string of the molecule is Cc1ccc([N+](=O)[O-])c(S(=O)(=O)N2CCCC(C(=O)NCCN)C2)c1C. The minimum atomic E-state index is -4.09. The third-order valence-corrected chi connectivity index (χ3v) is 6.69. The maximum atomic E-state index is 13.1. The Bertz CT molecular complexity index is 809. The summed E-state index contributed by atoms with van der Waals surface area (Å²) in [6, 6.07) is 2.75. The van der Waals surface area contributed by atoms with Crippen LogP contribution in [0.25, 0.3) is 0 Å². The normalized spacial score (nSPS) is 18.5. The van der Waals surface area contributed by atoms with Gasteiger partial charge in [-0.15, -0.1) is 0 Å². The van der Waals surface area contributed by atoms with Crippen molar-refractivity contribution in [1.82, 2.24) is 9.62 Å². The number of nitro groups is 1. The molecular formula is C16H24N4O5S. The van der Waals surface area contributed by atoms with Crippen LogP contribution in [-0.2, 0) is 14.8 Å². The zero-order valence-electron chi connectivity index (χ0n) is 14.9. The Labute approximate surface area is 152 Å². The van der Waals surface area contributed by atoms with Crippen molar-refractivity contribution in [2.75, 3.05) is 26.2 Å². The van der Waals surface area contributed by atoms with Gasteiger partial charge >= 0.3 is 0 Å². The summed E-state index contributed by atoms with van der Waals surface area (Å²) in [5.74, 6) is -0.736. The zero-order chi connectivity index (χ0) is 19.5. The second kappa shape index (κ2) is 8.11. The van der Waals surface area contributed by atoms with Crippen molar-refractivity contribution in [2.45, 2.75) is 31.6 Å². The molecule has 1 aliphatic rings.